The number of aliphatic carboxylic acids is 1. The lowest BCUT2D eigenvalue weighted by atomic mass is 9.99. The molecule has 1 unspecified atom stereocenters. The third-order valence-corrected chi connectivity index (χ3v) is 3.96. The molecule has 0 spiro atoms. The molecular formula is C12H12N2O3S. The third-order valence-electron chi connectivity index (χ3n) is 3.17. The van der Waals surface area contributed by atoms with Crippen molar-refractivity contribution in [3.8, 4) is 0 Å². The lowest BCUT2D eigenvalue weighted by Crippen LogP contribution is -2.46. The molecule has 0 amide bonds. The Hall–Kier alpha value is -1.66. The largest absolute Gasteiger partial charge is 0.479 e. The molecule has 94 valence electrons. The molecule has 3 rings (SSSR count). The molecule has 1 saturated heterocycles. The number of hydrogen-bond donors (Lipinski definition) is 2. The molecule has 2 heterocycles. The van der Waals surface area contributed by atoms with Gasteiger partial charge in [-0.1, -0.05) is 12.1 Å². The van der Waals surface area contributed by atoms with Crippen LogP contribution >= 0.6 is 11.5 Å². The van der Waals surface area contributed by atoms with E-state index in [1.807, 2.05) is 24.3 Å². The maximum Gasteiger partial charge on any atom is 0.331 e. The number of nitrogens with one attached hydrogen (secondary N) is 1. The Morgan fingerprint density at radius 2 is 2.33 bits per heavy atom. The number of hydrogen-bond acceptors (Lipinski definition) is 5. The molecule has 18 heavy (non-hydrogen) atoms. The van der Waals surface area contributed by atoms with Crippen molar-refractivity contribution in [2.75, 3.05) is 18.5 Å². The SMILES string of the molecule is O=C(O)C1(Nc2snc3ccccc23)CCOC1. The zero-order valence-corrected chi connectivity index (χ0v) is 10.4. The second-order valence-corrected chi connectivity index (χ2v) is 5.12. The van der Waals surface area contributed by atoms with E-state index in [0.717, 1.165) is 15.9 Å². The first kappa shape index (κ1) is 11.4. The molecule has 1 aliphatic rings. The molecule has 1 aromatic carbocycles. The number of rotatable bonds is 3. The fourth-order valence-corrected chi connectivity index (χ4v) is 2.94. The average Bonchev–Trinajstić information content (AvgIpc) is 2.99. The number of aromatic nitrogens is 1. The number of carboxylic acids is 1. The first-order valence-corrected chi connectivity index (χ1v) is 6.42. The van der Waals surface area contributed by atoms with E-state index in [4.69, 9.17) is 4.74 Å². The van der Waals surface area contributed by atoms with Gasteiger partial charge in [0.25, 0.3) is 0 Å². The Morgan fingerprint density at radius 1 is 1.50 bits per heavy atom. The van der Waals surface area contributed by atoms with E-state index in [1.54, 1.807) is 0 Å². The van der Waals surface area contributed by atoms with Gasteiger partial charge in [-0.25, -0.2) is 4.79 Å². The highest BCUT2D eigenvalue weighted by Crippen LogP contribution is 2.32. The highest BCUT2D eigenvalue weighted by atomic mass is 32.1. The van der Waals surface area contributed by atoms with E-state index >= 15 is 0 Å². The number of ether oxygens (including phenoxy) is 1. The Kier molecular flexibility index (Phi) is 2.68. The van der Waals surface area contributed by atoms with E-state index in [9.17, 15) is 9.90 Å². The lowest BCUT2D eigenvalue weighted by Gasteiger charge is -2.23. The van der Waals surface area contributed by atoms with Crippen molar-refractivity contribution in [3.05, 3.63) is 24.3 Å². The van der Waals surface area contributed by atoms with Crippen LogP contribution in [-0.4, -0.2) is 34.2 Å². The van der Waals surface area contributed by atoms with E-state index < -0.39 is 11.5 Å². The third kappa shape index (κ3) is 1.74. The minimum absolute atomic E-state index is 0.189. The van der Waals surface area contributed by atoms with Crippen LogP contribution in [0.15, 0.2) is 24.3 Å². The molecule has 5 nitrogen and oxygen atoms in total. The zero-order valence-electron chi connectivity index (χ0n) is 9.55. The minimum Gasteiger partial charge on any atom is -0.479 e. The summed E-state index contributed by atoms with van der Waals surface area (Å²) in [4.78, 5) is 11.4. The van der Waals surface area contributed by atoms with Crippen molar-refractivity contribution < 1.29 is 14.6 Å². The van der Waals surface area contributed by atoms with Crippen molar-refractivity contribution in [1.29, 1.82) is 0 Å². The second kappa shape index (κ2) is 4.22. The number of carboxylic acid groups (broad SMARTS) is 1. The predicted molar refractivity (Wildman–Crippen MR) is 69.0 cm³/mol. The monoisotopic (exact) mass is 264 g/mol. The highest BCUT2D eigenvalue weighted by Gasteiger charge is 2.43. The molecule has 2 N–H and O–H groups in total. The van der Waals surface area contributed by atoms with Crippen LogP contribution in [0.3, 0.4) is 0 Å². The minimum atomic E-state index is -1.02. The van der Waals surface area contributed by atoms with Gasteiger partial charge in [0, 0.05) is 18.4 Å². The van der Waals surface area contributed by atoms with Gasteiger partial charge in [-0.2, -0.15) is 4.37 Å². The smallest absolute Gasteiger partial charge is 0.331 e. The first-order valence-electron chi connectivity index (χ1n) is 5.65. The van der Waals surface area contributed by atoms with E-state index in [1.165, 1.54) is 11.5 Å². The molecule has 0 bridgehead atoms. The number of nitrogens with zero attached hydrogens (tertiary/aromatic N) is 1. The van der Waals surface area contributed by atoms with Gasteiger partial charge in [0.1, 0.15) is 5.00 Å². The fourth-order valence-electron chi connectivity index (χ4n) is 2.08. The number of anilines is 1. The van der Waals surface area contributed by atoms with Gasteiger partial charge >= 0.3 is 5.97 Å². The average molecular weight is 264 g/mol. The summed E-state index contributed by atoms with van der Waals surface area (Å²) in [5.41, 5.74) is -0.139. The van der Waals surface area contributed by atoms with Crippen LogP contribution in [0.2, 0.25) is 0 Å². The number of fused-ring (bicyclic) bond motifs is 1. The molecule has 0 aliphatic carbocycles. The fraction of sp³-hybridized carbons (Fsp3) is 0.333. The summed E-state index contributed by atoms with van der Waals surface area (Å²) >= 11 is 1.29. The van der Waals surface area contributed by atoms with Crippen LogP contribution < -0.4 is 5.32 Å². The van der Waals surface area contributed by atoms with Crippen LogP contribution in [0, 0.1) is 0 Å². The summed E-state index contributed by atoms with van der Waals surface area (Å²) in [6, 6.07) is 7.68. The maximum absolute atomic E-state index is 11.4. The van der Waals surface area contributed by atoms with Crippen LogP contribution in [0.5, 0.6) is 0 Å². The lowest BCUT2D eigenvalue weighted by molar-refractivity contribution is -0.142. The predicted octanol–water partition coefficient (Wildman–Crippen LogP) is 1.95. The van der Waals surface area contributed by atoms with Gasteiger partial charge in [0.2, 0.25) is 0 Å². The van der Waals surface area contributed by atoms with Crippen molar-refractivity contribution in [1.82, 2.24) is 4.37 Å². The summed E-state index contributed by atoms with van der Waals surface area (Å²) in [5.74, 6) is -0.877. The molecule has 1 fully saturated rings. The van der Waals surface area contributed by atoms with Gasteiger partial charge in [-0.15, -0.1) is 0 Å². The van der Waals surface area contributed by atoms with Crippen LogP contribution in [0.25, 0.3) is 10.9 Å². The van der Waals surface area contributed by atoms with Crippen molar-refractivity contribution >= 4 is 33.4 Å². The normalized spacial score (nSPS) is 23.3. The topological polar surface area (TPSA) is 71.5 Å². The maximum atomic E-state index is 11.4. The zero-order chi connectivity index (χ0) is 12.6. The molecule has 0 saturated carbocycles. The number of benzene rings is 1. The van der Waals surface area contributed by atoms with E-state index in [-0.39, 0.29) is 6.61 Å². The van der Waals surface area contributed by atoms with Gasteiger partial charge < -0.3 is 15.2 Å². The Bertz CT molecular complexity index is 590. The van der Waals surface area contributed by atoms with Crippen molar-refractivity contribution in [2.45, 2.75) is 12.0 Å². The van der Waals surface area contributed by atoms with Gasteiger partial charge in [0.05, 0.1) is 12.1 Å². The molecule has 6 heteroatoms. The standard InChI is InChI=1S/C12H12N2O3S/c15-11(16)12(5-6-17-7-12)13-10-8-3-1-2-4-9(8)14-18-10/h1-4,13H,5-7H2,(H,15,16). The Balaban J connectivity index is 1.98. The van der Waals surface area contributed by atoms with Crippen LogP contribution in [0.1, 0.15) is 6.42 Å². The molecule has 1 aliphatic heterocycles. The Labute approximate surface area is 108 Å². The summed E-state index contributed by atoms with van der Waals surface area (Å²) in [6.07, 6.45) is 0.467. The molecule has 1 aromatic heterocycles. The Morgan fingerprint density at radius 3 is 3.06 bits per heavy atom. The highest BCUT2D eigenvalue weighted by molar-refractivity contribution is 7.11. The first-order chi connectivity index (χ1) is 8.71. The van der Waals surface area contributed by atoms with Crippen LogP contribution in [-0.2, 0) is 9.53 Å². The summed E-state index contributed by atoms with van der Waals surface area (Å²) in [7, 11) is 0. The van der Waals surface area contributed by atoms with Gasteiger partial charge in [-0.05, 0) is 23.7 Å². The summed E-state index contributed by atoms with van der Waals surface area (Å²) in [6.45, 7) is 0.657. The van der Waals surface area contributed by atoms with E-state index in [2.05, 4.69) is 9.69 Å². The van der Waals surface area contributed by atoms with Gasteiger partial charge in [0.15, 0.2) is 5.54 Å². The molecular weight excluding hydrogens is 252 g/mol. The number of carbonyl (C=O) groups is 1. The van der Waals surface area contributed by atoms with Gasteiger partial charge in [-0.3, -0.25) is 0 Å². The molecule has 2 aromatic rings. The van der Waals surface area contributed by atoms with E-state index in [0.29, 0.717) is 13.0 Å². The quantitative estimate of drug-likeness (QED) is 0.886. The summed E-state index contributed by atoms with van der Waals surface area (Å²) in [5, 5.41) is 14.2. The molecule has 1 atom stereocenters. The summed E-state index contributed by atoms with van der Waals surface area (Å²) < 4.78 is 9.52. The second-order valence-electron chi connectivity index (χ2n) is 4.34. The van der Waals surface area contributed by atoms with Crippen molar-refractivity contribution in [2.24, 2.45) is 0 Å². The van der Waals surface area contributed by atoms with Crippen LogP contribution in [0.4, 0.5) is 5.00 Å². The van der Waals surface area contributed by atoms with Crippen molar-refractivity contribution in [3.63, 3.8) is 0 Å². The molecule has 0 radical (unpaired) electrons.